The van der Waals surface area contributed by atoms with Crippen molar-refractivity contribution >= 4 is 0 Å². The van der Waals surface area contributed by atoms with Gasteiger partial charge in [-0.1, -0.05) is 0 Å². The fourth-order valence-electron chi connectivity index (χ4n) is 2.82. The van der Waals surface area contributed by atoms with Crippen LogP contribution in [-0.4, -0.2) is 34.9 Å². The summed E-state index contributed by atoms with van der Waals surface area (Å²) in [7, 11) is 3.72. The number of ether oxygens (including phenoxy) is 1. The summed E-state index contributed by atoms with van der Waals surface area (Å²) >= 11 is 0. The van der Waals surface area contributed by atoms with Crippen molar-refractivity contribution in [2.24, 2.45) is 7.05 Å². The maximum atomic E-state index is 5.34. The molecule has 19 heavy (non-hydrogen) atoms. The first-order chi connectivity index (χ1) is 9.26. The average molecular weight is 261 g/mol. The molecule has 0 saturated carbocycles. The molecule has 3 rings (SSSR count). The molecule has 0 N–H and O–H groups in total. The zero-order valence-corrected chi connectivity index (χ0v) is 11.4. The second-order valence-electron chi connectivity index (χ2n) is 5.17. The third-order valence-electron chi connectivity index (χ3n) is 3.55. The molecule has 1 aliphatic heterocycles. The Morgan fingerprint density at radius 2 is 2.42 bits per heavy atom. The Bertz CT molecular complexity index is 533. The molecule has 1 aliphatic rings. The average Bonchev–Trinajstić information content (AvgIpc) is 2.98. The lowest BCUT2D eigenvalue weighted by molar-refractivity contribution is 0.134. The first-order valence-electron chi connectivity index (χ1n) is 6.51. The van der Waals surface area contributed by atoms with E-state index < -0.39 is 0 Å². The number of methoxy groups -OCH3 is 1. The van der Waals surface area contributed by atoms with Gasteiger partial charge in [0.1, 0.15) is 0 Å². The van der Waals surface area contributed by atoms with Crippen LogP contribution in [0, 0.1) is 0 Å². The van der Waals surface area contributed by atoms with Crippen molar-refractivity contribution in [1.82, 2.24) is 14.7 Å². The van der Waals surface area contributed by atoms with E-state index in [-0.39, 0.29) is 0 Å². The van der Waals surface area contributed by atoms with Gasteiger partial charge in [0.15, 0.2) is 0 Å². The van der Waals surface area contributed by atoms with Gasteiger partial charge < -0.3 is 9.15 Å². The fraction of sp³-hybridized carbons (Fsp3) is 0.500. The molecular weight excluding hydrogens is 242 g/mol. The first kappa shape index (κ1) is 12.4. The van der Waals surface area contributed by atoms with Crippen molar-refractivity contribution in [1.29, 1.82) is 0 Å². The second-order valence-corrected chi connectivity index (χ2v) is 5.17. The fourth-order valence-corrected chi connectivity index (χ4v) is 2.82. The number of aryl methyl sites for hydroxylation is 1. The van der Waals surface area contributed by atoms with Crippen molar-refractivity contribution in [2.75, 3.05) is 20.3 Å². The van der Waals surface area contributed by atoms with Crippen LogP contribution in [0.3, 0.4) is 0 Å². The summed E-state index contributed by atoms with van der Waals surface area (Å²) in [6.07, 6.45) is 5.64. The number of rotatable bonds is 4. The van der Waals surface area contributed by atoms with Gasteiger partial charge in [-0.05, 0) is 6.07 Å². The minimum absolute atomic E-state index is 0.349. The van der Waals surface area contributed by atoms with Crippen LogP contribution in [0.2, 0.25) is 0 Å². The van der Waals surface area contributed by atoms with Crippen LogP contribution in [-0.2, 0) is 24.9 Å². The first-order valence-corrected chi connectivity index (χ1v) is 6.51. The predicted molar refractivity (Wildman–Crippen MR) is 70.6 cm³/mol. The summed E-state index contributed by atoms with van der Waals surface area (Å²) in [5.74, 6) is 0.349. The predicted octanol–water partition coefficient (Wildman–Crippen LogP) is 1.76. The lowest BCUT2D eigenvalue weighted by Gasteiger charge is -2.31. The lowest BCUT2D eigenvalue weighted by Crippen LogP contribution is -2.34. The molecule has 1 atom stereocenters. The van der Waals surface area contributed by atoms with Crippen LogP contribution < -0.4 is 0 Å². The molecule has 3 heterocycles. The normalized spacial score (nSPS) is 19.6. The molecule has 2 aromatic heterocycles. The highest BCUT2D eigenvalue weighted by molar-refractivity contribution is 5.25. The van der Waals surface area contributed by atoms with Crippen molar-refractivity contribution in [3.05, 3.63) is 41.6 Å². The molecular formula is C14H19N3O2. The molecule has 102 valence electrons. The van der Waals surface area contributed by atoms with E-state index in [1.807, 2.05) is 24.1 Å². The highest BCUT2D eigenvalue weighted by Crippen LogP contribution is 2.28. The molecule has 0 fully saturated rings. The molecule has 0 bridgehead atoms. The molecule has 5 heteroatoms. The zero-order chi connectivity index (χ0) is 13.2. The molecule has 0 unspecified atom stereocenters. The van der Waals surface area contributed by atoms with Gasteiger partial charge in [0, 0.05) is 57.0 Å². The maximum absolute atomic E-state index is 5.34. The highest BCUT2D eigenvalue weighted by atomic mass is 16.5. The van der Waals surface area contributed by atoms with Crippen molar-refractivity contribution < 1.29 is 9.15 Å². The van der Waals surface area contributed by atoms with Crippen LogP contribution in [0.15, 0.2) is 29.2 Å². The van der Waals surface area contributed by atoms with Gasteiger partial charge >= 0.3 is 0 Å². The molecule has 0 spiro atoms. The molecule has 0 aromatic carbocycles. The Kier molecular flexibility index (Phi) is 3.40. The number of furan rings is 1. The van der Waals surface area contributed by atoms with E-state index in [1.54, 1.807) is 13.4 Å². The second kappa shape index (κ2) is 5.19. The number of hydrogen-bond acceptors (Lipinski definition) is 4. The molecule has 5 nitrogen and oxygen atoms in total. The van der Waals surface area contributed by atoms with Gasteiger partial charge in [-0.3, -0.25) is 9.58 Å². The SMILES string of the molecule is COC[C@@H]1CN(Cc2ccoc2)Cc2cn(C)nc21. The Morgan fingerprint density at radius 1 is 1.53 bits per heavy atom. The molecule has 2 aromatic rings. The third kappa shape index (κ3) is 2.57. The summed E-state index contributed by atoms with van der Waals surface area (Å²) in [5, 5.41) is 4.57. The number of fused-ring (bicyclic) bond motifs is 1. The van der Waals surface area contributed by atoms with Crippen LogP contribution in [0.1, 0.15) is 22.7 Å². The van der Waals surface area contributed by atoms with E-state index in [1.165, 1.54) is 16.8 Å². The van der Waals surface area contributed by atoms with Gasteiger partial charge in [0.25, 0.3) is 0 Å². The van der Waals surface area contributed by atoms with Crippen LogP contribution in [0.5, 0.6) is 0 Å². The van der Waals surface area contributed by atoms with Gasteiger partial charge in [-0.25, -0.2) is 0 Å². The number of nitrogens with zero attached hydrogens (tertiary/aromatic N) is 3. The monoisotopic (exact) mass is 261 g/mol. The summed E-state index contributed by atoms with van der Waals surface area (Å²) in [5.41, 5.74) is 3.70. The van der Waals surface area contributed by atoms with Crippen LogP contribution >= 0.6 is 0 Å². The standard InChI is InChI=1S/C14H19N3O2/c1-16-6-12-7-17(5-11-3-4-19-9-11)8-13(10-18-2)14(12)15-16/h3-4,6,9,13H,5,7-8,10H2,1-2H3/t13-/m0/s1. The van der Waals surface area contributed by atoms with Gasteiger partial charge in [-0.15, -0.1) is 0 Å². The topological polar surface area (TPSA) is 43.4 Å². The largest absolute Gasteiger partial charge is 0.472 e. The van der Waals surface area contributed by atoms with Crippen LogP contribution in [0.4, 0.5) is 0 Å². The smallest absolute Gasteiger partial charge is 0.0947 e. The summed E-state index contributed by atoms with van der Waals surface area (Å²) in [6.45, 7) is 3.54. The maximum Gasteiger partial charge on any atom is 0.0947 e. The quantitative estimate of drug-likeness (QED) is 0.841. The number of hydrogen-bond donors (Lipinski definition) is 0. The van der Waals surface area contributed by atoms with Gasteiger partial charge in [0.2, 0.25) is 0 Å². The van der Waals surface area contributed by atoms with E-state index >= 15 is 0 Å². The third-order valence-corrected chi connectivity index (χ3v) is 3.55. The Balaban J connectivity index is 1.79. The van der Waals surface area contributed by atoms with Crippen molar-refractivity contribution in [3.8, 4) is 0 Å². The zero-order valence-electron chi connectivity index (χ0n) is 11.4. The molecule has 0 radical (unpaired) electrons. The summed E-state index contributed by atoms with van der Waals surface area (Å²) < 4.78 is 12.4. The summed E-state index contributed by atoms with van der Waals surface area (Å²) in [4.78, 5) is 2.42. The summed E-state index contributed by atoms with van der Waals surface area (Å²) in [6, 6.07) is 2.02. The van der Waals surface area contributed by atoms with E-state index in [4.69, 9.17) is 9.15 Å². The van der Waals surface area contributed by atoms with Crippen molar-refractivity contribution in [2.45, 2.75) is 19.0 Å². The minimum atomic E-state index is 0.349. The van der Waals surface area contributed by atoms with Gasteiger partial charge in [0.05, 0.1) is 24.8 Å². The minimum Gasteiger partial charge on any atom is -0.472 e. The molecule has 0 amide bonds. The highest BCUT2D eigenvalue weighted by Gasteiger charge is 2.28. The van der Waals surface area contributed by atoms with Gasteiger partial charge in [-0.2, -0.15) is 5.10 Å². The Labute approximate surface area is 112 Å². The van der Waals surface area contributed by atoms with E-state index in [0.29, 0.717) is 12.5 Å². The van der Waals surface area contributed by atoms with Crippen molar-refractivity contribution in [3.63, 3.8) is 0 Å². The number of aromatic nitrogens is 2. The molecule has 0 saturated heterocycles. The molecule has 0 aliphatic carbocycles. The van der Waals surface area contributed by atoms with E-state index in [0.717, 1.165) is 19.6 Å². The Hall–Kier alpha value is -1.59. The Morgan fingerprint density at radius 3 is 3.16 bits per heavy atom. The van der Waals surface area contributed by atoms with E-state index in [2.05, 4.69) is 16.2 Å². The lowest BCUT2D eigenvalue weighted by atomic mass is 9.97. The van der Waals surface area contributed by atoms with Crippen LogP contribution in [0.25, 0.3) is 0 Å². The van der Waals surface area contributed by atoms with E-state index in [9.17, 15) is 0 Å².